The van der Waals surface area contributed by atoms with Gasteiger partial charge in [-0.05, 0) is 26.0 Å². The Hall–Kier alpha value is -0.900. The molecule has 0 unspecified atom stereocenters. The second-order valence-corrected chi connectivity index (χ2v) is 3.80. The SMILES string of the molecule is CN[C@@H](C[C@H](O)[C@H](C)O)c1ccccc1. The smallest absolute Gasteiger partial charge is 0.0814 e. The molecule has 0 radical (unpaired) electrons. The van der Waals surface area contributed by atoms with Gasteiger partial charge in [-0.2, -0.15) is 0 Å². The van der Waals surface area contributed by atoms with Crippen LogP contribution in [0.15, 0.2) is 30.3 Å². The molecule has 3 N–H and O–H groups in total. The van der Waals surface area contributed by atoms with Crippen LogP contribution in [-0.4, -0.2) is 29.5 Å². The molecule has 0 heterocycles. The van der Waals surface area contributed by atoms with Crippen molar-refractivity contribution >= 4 is 0 Å². The maximum atomic E-state index is 9.60. The van der Waals surface area contributed by atoms with Crippen molar-refractivity contribution in [1.82, 2.24) is 5.32 Å². The van der Waals surface area contributed by atoms with Crippen molar-refractivity contribution < 1.29 is 10.2 Å². The monoisotopic (exact) mass is 209 g/mol. The Morgan fingerprint density at radius 1 is 1.20 bits per heavy atom. The number of aliphatic hydroxyl groups is 2. The van der Waals surface area contributed by atoms with Gasteiger partial charge in [0.25, 0.3) is 0 Å². The van der Waals surface area contributed by atoms with E-state index in [2.05, 4.69) is 5.32 Å². The number of nitrogens with one attached hydrogen (secondary N) is 1. The highest BCUT2D eigenvalue weighted by Gasteiger charge is 2.17. The molecule has 3 atom stereocenters. The number of benzene rings is 1. The van der Waals surface area contributed by atoms with Gasteiger partial charge >= 0.3 is 0 Å². The van der Waals surface area contributed by atoms with E-state index in [0.717, 1.165) is 5.56 Å². The third-order valence-corrected chi connectivity index (χ3v) is 2.58. The molecule has 3 nitrogen and oxygen atoms in total. The Balaban J connectivity index is 2.65. The second-order valence-electron chi connectivity index (χ2n) is 3.80. The molecule has 84 valence electrons. The highest BCUT2D eigenvalue weighted by atomic mass is 16.3. The molecule has 0 aromatic heterocycles. The van der Waals surface area contributed by atoms with Gasteiger partial charge in [-0.1, -0.05) is 30.3 Å². The number of hydrogen-bond acceptors (Lipinski definition) is 3. The molecule has 1 rings (SSSR count). The van der Waals surface area contributed by atoms with Gasteiger partial charge in [-0.3, -0.25) is 0 Å². The lowest BCUT2D eigenvalue weighted by molar-refractivity contribution is 0.0201. The largest absolute Gasteiger partial charge is 0.391 e. The maximum absolute atomic E-state index is 9.60. The van der Waals surface area contributed by atoms with Crippen molar-refractivity contribution in [3.8, 4) is 0 Å². The molecule has 0 saturated heterocycles. The van der Waals surface area contributed by atoms with Crippen LogP contribution in [0.4, 0.5) is 0 Å². The van der Waals surface area contributed by atoms with E-state index >= 15 is 0 Å². The van der Waals surface area contributed by atoms with Crippen LogP contribution >= 0.6 is 0 Å². The molecular weight excluding hydrogens is 190 g/mol. The molecule has 0 spiro atoms. The summed E-state index contributed by atoms with van der Waals surface area (Å²) in [6.07, 6.45) is -0.870. The lowest BCUT2D eigenvalue weighted by atomic mass is 9.99. The third-order valence-electron chi connectivity index (χ3n) is 2.58. The minimum absolute atomic E-state index is 0.0794. The number of rotatable bonds is 5. The predicted octanol–water partition coefficient (Wildman–Crippen LogP) is 1.08. The zero-order valence-electron chi connectivity index (χ0n) is 9.22. The Labute approximate surface area is 90.8 Å². The summed E-state index contributed by atoms with van der Waals surface area (Å²) in [6.45, 7) is 1.60. The van der Waals surface area contributed by atoms with Crippen LogP contribution in [0.5, 0.6) is 0 Å². The molecule has 3 heteroatoms. The van der Waals surface area contributed by atoms with Gasteiger partial charge < -0.3 is 15.5 Å². The molecule has 0 fully saturated rings. The third kappa shape index (κ3) is 3.63. The fraction of sp³-hybridized carbons (Fsp3) is 0.500. The normalized spacial score (nSPS) is 17.1. The molecule has 1 aromatic carbocycles. The Morgan fingerprint density at radius 2 is 1.80 bits per heavy atom. The van der Waals surface area contributed by atoms with E-state index in [-0.39, 0.29) is 6.04 Å². The van der Waals surface area contributed by atoms with Gasteiger partial charge in [0.05, 0.1) is 12.2 Å². The van der Waals surface area contributed by atoms with Crippen molar-refractivity contribution in [2.45, 2.75) is 31.6 Å². The molecular formula is C12H19NO2. The summed E-state index contributed by atoms with van der Waals surface area (Å²) in [5, 5.41) is 22.0. The van der Waals surface area contributed by atoms with Gasteiger partial charge in [-0.15, -0.1) is 0 Å². The fourth-order valence-corrected chi connectivity index (χ4v) is 1.54. The maximum Gasteiger partial charge on any atom is 0.0814 e. The van der Waals surface area contributed by atoms with Crippen LogP contribution in [0, 0.1) is 0 Å². The fourth-order valence-electron chi connectivity index (χ4n) is 1.54. The molecule has 0 aliphatic heterocycles. The summed E-state index contributed by atoms with van der Waals surface area (Å²) in [7, 11) is 1.85. The van der Waals surface area contributed by atoms with Crippen molar-refractivity contribution in [2.75, 3.05) is 7.05 Å². The van der Waals surface area contributed by atoms with E-state index in [1.807, 2.05) is 37.4 Å². The zero-order valence-corrected chi connectivity index (χ0v) is 9.22. The van der Waals surface area contributed by atoms with E-state index in [1.165, 1.54) is 0 Å². The molecule has 15 heavy (non-hydrogen) atoms. The Morgan fingerprint density at radius 3 is 2.27 bits per heavy atom. The molecule has 1 aromatic rings. The minimum Gasteiger partial charge on any atom is -0.391 e. The predicted molar refractivity (Wildman–Crippen MR) is 60.5 cm³/mol. The first-order chi connectivity index (χ1) is 7.15. The van der Waals surface area contributed by atoms with Crippen LogP contribution < -0.4 is 5.32 Å². The van der Waals surface area contributed by atoms with E-state index in [0.29, 0.717) is 6.42 Å². The lowest BCUT2D eigenvalue weighted by Crippen LogP contribution is -2.29. The van der Waals surface area contributed by atoms with E-state index < -0.39 is 12.2 Å². The first kappa shape index (κ1) is 12.2. The van der Waals surface area contributed by atoms with E-state index in [4.69, 9.17) is 0 Å². The van der Waals surface area contributed by atoms with Crippen molar-refractivity contribution in [1.29, 1.82) is 0 Å². The summed E-state index contributed by atoms with van der Waals surface area (Å²) in [6, 6.07) is 9.99. The van der Waals surface area contributed by atoms with Crippen molar-refractivity contribution in [2.24, 2.45) is 0 Å². The first-order valence-corrected chi connectivity index (χ1v) is 5.23. The van der Waals surface area contributed by atoms with Gasteiger partial charge in [-0.25, -0.2) is 0 Å². The van der Waals surface area contributed by atoms with Crippen molar-refractivity contribution in [3.05, 3.63) is 35.9 Å². The lowest BCUT2D eigenvalue weighted by Gasteiger charge is -2.21. The Kier molecular flexibility index (Phi) is 4.75. The minimum atomic E-state index is -0.692. The average molecular weight is 209 g/mol. The van der Waals surface area contributed by atoms with Gasteiger partial charge in [0.15, 0.2) is 0 Å². The second kappa shape index (κ2) is 5.85. The highest BCUT2D eigenvalue weighted by molar-refractivity contribution is 5.18. The average Bonchev–Trinajstić information content (AvgIpc) is 2.26. The summed E-state index contributed by atoms with van der Waals surface area (Å²) in [5.74, 6) is 0. The first-order valence-electron chi connectivity index (χ1n) is 5.23. The molecule has 0 amide bonds. The summed E-state index contributed by atoms with van der Waals surface area (Å²) >= 11 is 0. The topological polar surface area (TPSA) is 52.5 Å². The summed E-state index contributed by atoms with van der Waals surface area (Å²) in [5.41, 5.74) is 1.12. The van der Waals surface area contributed by atoms with Crippen LogP contribution in [-0.2, 0) is 0 Å². The molecule has 0 bridgehead atoms. The zero-order chi connectivity index (χ0) is 11.3. The van der Waals surface area contributed by atoms with Crippen LogP contribution in [0.2, 0.25) is 0 Å². The van der Waals surface area contributed by atoms with Crippen LogP contribution in [0.1, 0.15) is 24.9 Å². The summed E-state index contributed by atoms with van der Waals surface area (Å²) in [4.78, 5) is 0. The quantitative estimate of drug-likeness (QED) is 0.680. The standard InChI is InChI=1S/C12H19NO2/c1-9(14)12(15)8-11(13-2)10-6-4-3-5-7-10/h3-7,9,11-15H,8H2,1-2H3/t9-,11-,12-/m0/s1. The highest BCUT2D eigenvalue weighted by Crippen LogP contribution is 2.18. The van der Waals surface area contributed by atoms with E-state index in [9.17, 15) is 10.2 Å². The van der Waals surface area contributed by atoms with Crippen molar-refractivity contribution in [3.63, 3.8) is 0 Å². The molecule has 0 aliphatic carbocycles. The number of hydrogen-bond donors (Lipinski definition) is 3. The van der Waals surface area contributed by atoms with E-state index in [1.54, 1.807) is 6.92 Å². The molecule has 0 aliphatic rings. The van der Waals surface area contributed by atoms with Gasteiger partial charge in [0.2, 0.25) is 0 Å². The van der Waals surface area contributed by atoms with Gasteiger partial charge in [0, 0.05) is 6.04 Å². The van der Waals surface area contributed by atoms with Gasteiger partial charge in [0.1, 0.15) is 0 Å². The summed E-state index contributed by atoms with van der Waals surface area (Å²) < 4.78 is 0. The number of aliphatic hydroxyl groups excluding tert-OH is 2. The van der Waals surface area contributed by atoms with Crippen LogP contribution in [0.25, 0.3) is 0 Å². The van der Waals surface area contributed by atoms with Crippen LogP contribution in [0.3, 0.4) is 0 Å². The Bertz CT molecular complexity index is 274. The molecule has 0 saturated carbocycles.